The number of carbonyl (C=O) groups excluding carboxylic acids is 1. The van der Waals surface area contributed by atoms with Gasteiger partial charge in [-0.1, -0.05) is 0 Å². The number of aromatic nitrogens is 2. The smallest absolute Gasteiger partial charge is 0.251 e. The molecule has 0 aliphatic carbocycles. The van der Waals surface area contributed by atoms with Gasteiger partial charge in [-0.2, -0.15) is 0 Å². The standard InChI is InChI=1S/C22H25N3O4S/c1-4-27-18-11-16(12-19(28-5-2)21(18)29-6-3)22(26)24-13-20-25-17(14-30-20)15-7-9-23-10-8-15/h7-12,14H,4-6,13H2,1-3H3,(H,24,26). The molecule has 0 bridgehead atoms. The van der Waals surface area contributed by atoms with Gasteiger partial charge in [0, 0.05) is 28.9 Å². The zero-order valence-electron chi connectivity index (χ0n) is 17.3. The molecule has 1 amide bonds. The van der Waals surface area contributed by atoms with Crippen molar-refractivity contribution in [2.75, 3.05) is 19.8 Å². The van der Waals surface area contributed by atoms with E-state index in [0.29, 0.717) is 49.2 Å². The van der Waals surface area contributed by atoms with Gasteiger partial charge in [-0.3, -0.25) is 9.78 Å². The molecule has 0 unspecified atom stereocenters. The van der Waals surface area contributed by atoms with Crippen LogP contribution in [0.4, 0.5) is 0 Å². The normalized spacial score (nSPS) is 10.5. The Morgan fingerprint density at radius 1 is 1.00 bits per heavy atom. The summed E-state index contributed by atoms with van der Waals surface area (Å²) in [5, 5.41) is 5.70. The molecule has 1 aromatic carbocycles. The summed E-state index contributed by atoms with van der Waals surface area (Å²) in [7, 11) is 0. The summed E-state index contributed by atoms with van der Waals surface area (Å²) < 4.78 is 17.1. The van der Waals surface area contributed by atoms with Crippen LogP contribution in [0.15, 0.2) is 42.0 Å². The van der Waals surface area contributed by atoms with Crippen LogP contribution in [0.3, 0.4) is 0 Å². The molecule has 3 aromatic rings. The summed E-state index contributed by atoms with van der Waals surface area (Å²) in [5.74, 6) is 1.26. The molecule has 1 N–H and O–H groups in total. The largest absolute Gasteiger partial charge is 0.490 e. The third-order valence-corrected chi connectivity index (χ3v) is 4.95. The lowest BCUT2D eigenvalue weighted by molar-refractivity contribution is 0.0949. The Morgan fingerprint density at radius 2 is 1.63 bits per heavy atom. The summed E-state index contributed by atoms with van der Waals surface area (Å²) in [5.41, 5.74) is 2.30. The van der Waals surface area contributed by atoms with E-state index in [9.17, 15) is 4.79 Å². The molecular formula is C22H25N3O4S. The maximum atomic E-state index is 12.8. The lowest BCUT2D eigenvalue weighted by atomic mass is 10.1. The van der Waals surface area contributed by atoms with Crippen molar-refractivity contribution >= 4 is 17.2 Å². The second-order valence-electron chi connectivity index (χ2n) is 6.15. The molecule has 0 fully saturated rings. The van der Waals surface area contributed by atoms with Crippen LogP contribution in [0.2, 0.25) is 0 Å². The fourth-order valence-electron chi connectivity index (χ4n) is 2.83. The van der Waals surface area contributed by atoms with Gasteiger partial charge in [-0.05, 0) is 45.0 Å². The Bertz CT molecular complexity index is 949. The highest BCUT2D eigenvalue weighted by Gasteiger charge is 2.18. The molecule has 158 valence electrons. The fourth-order valence-corrected chi connectivity index (χ4v) is 3.57. The third kappa shape index (κ3) is 5.27. The molecule has 0 atom stereocenters. The van der Waals surface area contributed by atoms with Gasteiger partial charge >= 0.3 is 0 Å². The van der Waals surface area contributed by atoms with E-state index >= 15 is 0 Å². The van der Waals surface area contributed by atoms with Crippen LogP contribution < -0.4 is 19.5 Å². The lowest BCUT2D eigenvalue weighted by Crippen LogP contribution is -2.23. The van der Waals surface area contributed by atoms with Gasteiger partial charge in [0.25, 0.3) is 5.91 Å². The second-order valence-corrected chi connectivity index (χ2v) is 7.09. The van der Waals surface area contributed by atoms with Crippen LogP contribution >= 0.6 is 11.3 Å². The molecule has 0 radical (unpaired) electrons. The first-order chi connectivity index (χ1) is 14.7. The van der Waals surface area contributed by atoms with Crippen LogP contribution in [0.25, 0.3) is 11.3 Å². The van der Waals surface area contributed by atoms with Gasteiger partial charge in [0.05, 0.1) is 32.1 Å². The first-order valence-corrected chi connectivity index (χ1v) is 10.7. The Kier molecular flexibility index (Phi) is 7.62. The number of pyridine rings is 1. The number of rotatable bonds is 10. The number of nitrogens with zero attached hydrogens (tertiary/aromatic N) is 2. The number of carbonyl (C=O) groups is 1. The third-order valence-electron chi connectivity index (χ3n) is 4.10. The summed E-state index contributed by atoms with van der Waals surface area (Å²) in [6.07, 6.45) is 3.46. The lowest BCUT2D eigenvalue weighted by Gasteiger charge is -2.17. The zero-order valence-corrected chi connectivity index (χ0v) is 18.1. The maximum Gasteiger partial charge on any atom is 0.251 e. The monoisotopic (exact) mass is 427 g/mol. The van der Waals surface area contributed by atoms with Crippen molar-refractivity contribution in [3.8, 4) is 28.5 Å². The number of ether oxygens (including phenoxy) is 3. The van der Waals surface area contributed by atoms with Crippen LogP contribution in [-0.4, -0.2) is 35.7 Å². The van der Waals surface area contributed by atoms with Crippen LogP contribution in [0, 0.1) is 0 Å². The molecule has 0 saturated heterocycles. The summed E-state index contributed by atoms with van der Waals surface area (Å²) in [6.45, 7) is 7.35. The van der Waals surface area contributed by atoms with Crippen LogP contribution in [0.1, 0.15) is 36.1 Å². The number of hydrogen-bond acceptors (Lipinski definition) is 7. The molecular weight excluding hydrogens is 402 g/mol. The summed E-state index contributed by atoms with van der Waals surface area (Å²) in [6, 6.07) is 7.16. The SMILES string of the molecule is CCOc1cc(C(=O)NCc2nc(-c3ccncc3)cs2)cc(OCC)c1OCC. The minimum atomic E-state index is -0.236. The van der Waals surface area contributed by atoms with E-state index in [-0.39, 0.29) is 5.91 Å². The molecule has 3 rings (SSSR count). The van der Waals surface area contributed by atoms with E-state index in [1.54, 1.807) is 24.5 Å². The highest BCUT2D eigenvalue weighted by Crippen LogP contribution is 2.39. The van der Waals surface area contributed by atoms with Crippen molar-refractivity contribution in [1.82, 2.24) is 15.3 Å². The van der Waals surface area contributed by atoms with Crippen molar-refractivity contribution in [3.05, 3.63) is 52.6 Å². The van der Waals surface area contributed by atoms with Crippen molar-refractivity contribution in [2.45, 2.75) is 27.3 Å². The van der Waals surface area contributed by atoms with Gasteiger partial charge in [0.15, 0.2) is 11.5 Å². The van der Waals surface area contributed by atoms with Gasteiger partial charge < -0.3 is 19.5 Å². The number of hydrogen-bond donors (Lipinski definition) is 1. The molecule has 0 aliphatic heterocycles. The number of amides is 1. The van der Waals surface area contributed by atoms with Gasteiger partial charge in [-0.15, -0.1) is 11.3 Å². The van der Waals surface area contributed by atoms with Crippen molar-refractivity contribution < 1.29 is 19.0 Å². The minimum absolute atomic E-state index is 0.236. The molecule has 2 aromatic heterocycles. The highest BCUT2D eigenvalue weighted by atomic mass is 32.1. The molecule has 0 aliphatic rings. The van der Waals surface area contributed by atoms with Crippen LogP contribution in [0.5, 0.6) is 17.2 Å². The molecule has 0 saturated carbocycles. The topological polar surface area (TPSA) is 82.6 Å². The van der Waals surface area contributed by atoms with E-state index in [0.717, 1.165) is 16.3 Å². The van der Waals surface area contributed by atoms with Gasteiger partial charge in [0.2, 0.25) is 5.75 Å². The Labute approximate surface area is 180 Å². The average molecular weight is 428 g/mol. The molecule has 30 heavy (non-hydrogen) atoms. The van der Waals surface area contributed by atoms with E-state index < -0.39 is 0 Å². The average Bonchev–Trinajstić information content (AvgIpc) is 3.24. The first kappa shape index (κ1) is 21.6. The van der Waals surface area contributed by atoms with Gasteiger partial charge in [-0.25, -0.2) is 4.98 Å². The zero-order chi connectivity index (χ0) is 21.3. The van der Waals surface area contributed by atoms with Gasteiger partial charge in [0.1, 0.15) is 5.01 Å². The van der Waals surface area contributed by atoms with Crippen molar-refractivity contribution in [2.24, 2.45) is 0 Å². The molecule has 8 heteroatoms. The van der Waals surface area contributed by atoms with E-state index in [2.05, 4.69) is 15.3 Å². The van der Waals surface area contributed by atoms with Crippen molar-refractivity contribution in [1.29, 1.82) is 0 Å². The minimum Gasteiger partial charge on any atom is -0.490 e. The number of thiazole rings is 1. The Hall–Kier alpha value is -3.13. The summed E-state index contributed by atoms with van der Waals surface area (Å²) in [4.78, 5) is 21.4. The summed E-state index contributed by atoms with van der Waals surface area (Å²) >= 11 is 1.50. The molecule has 7 nitrogen and oxygen atoms in total. The predicted octanol–water partition coefficient (Wildman–Crippen LogP) is 4.33. The van der Waals surface area contributed by atoms with E-state index in [1.165, 1.54) is 11.3 Å². The predicted molar refractivity (Wildman–Crippen MR) is 116 cm³/mol. The number of nitrogens with one attached hydrogen (secondary N) is 1. The fraction of sp³-hybridized carbons (Fsp3) is 0.318. The second kappa shape index (κ2) is 10.6. The van der Waals surface area contributed by atoms with E-state index in [4.69, 9.17) is 14.2 Å². The maximum absolute atomic E-state index is 12.8. The molecule has 2 heterocycles. The first-order valence-electron chi connectivity index (χ1n) is 9.85. The quantitative estimate of drug-likeness (QED) is 0.519. The Balaban J connectivity index is 1.75. The Morgan fingerprint density at radius 3 is 2.23 bits per heavy atom. The van der Waals surface area contributed by atoms with E-state index in [1.807, 2.05) is 38.3 Å². The molecule has 0 spiro atoms. The number of benzene rings is 1. The highest BCUT2D eigenvalue weighted by molar-refractivity contribution is 7.09. The van der Waals surface area contributed by atoms with Crippen LogP contribution in [-0.2, 0) is 6.54 Å². The van der Waals surface area contributed by atoms with Crippen molar-refractivity contribution in [3.63, 3.8) is 0 Å².